The Morgan fingerprint density at radius 2 is 1.71 bits per heavy atom. The largest absolute Gasteiger partial charge is 0.323 e. The van der Waals surface area contributed by atoms with E-state index in [0.717, 1.165) is 25.7 Å². The fourth-order valence-corrected chi connectivity index (χ4v) is 3.30. The van der Waals surface area contributed by atoms with E-state index in [0.29, 0.717) is 17.9 Å². The molecule has 1 aliphatic heterocycles. The molecule has 0 bridgehead atoms. The highest BCUT2D eigenvalue weighted by Gasteiger charge is 2.41. The van der Waals surface area contributed by atoms with Gasteiger partial charge >= 0.3 is 0 Å². The van der Waals surface area contributed by atoms with Crippen LogP contribution in [-0.4, -0.2) is 29.1 Å². The molecule has 0 aromatic carbocycles. The zero-order valence-corrected chi connectivity index (χ0v) is 14.8. The quantitative estimate of drug-likeness (QED) is 0.609. The molecule has 3 nitrogen and oxygen atoms in total. The lowest BCUT2D eigenvalue weighted by Crippen LogP contribution is -2.46. The molecule has 0 aromatic heterocycles. The zero-order valence-electron chi connectivity index (χ0n) is 14.8. The van der Waals surface area contributed by atoms with Crippen LogP contribution in [0.15, 0.2) is 0 Å². The first kappa shape index (κ1) is 18.5. The van der Waals surface area contributed by atoms with Gasteiger partial charge in [0.25, 0.3) is 0 Å². The molecular weight excluding hydrogens is 260 g/mol. The maximum absolute atomic E-state index is 12.7. The standard InChI is InChI=1S/C18H36N2O/c1-6-8-10-11-12-15(5)20-17(14(3)4)19-16(18(20)21)13-9-7-2/h14-17,19H,6-13H2,1-5H3. The molecule has 0 spiro atoms. The third-order valence-corrected chi connectivity index (χ3v) is 4.65. The number of carbonyl (C=O) groups is 1. The number of carbonyl (C=O) groups excluding carboxylic acids is 1. The van der Waals surface area contributed by atoms with E-state index in [-0.39, 0.29) is 12.2 Å². The average molecular weight is 296 g/mol. The first-order chi connectivity index (χ1) is 10.0. The normalized spacial score (nSPS) is 24.1. The highest BCUT2D eigenvalue weighted by atomic mass is 16.2. The molecule has 0 aliphatic carbocycles. The fraction of sp³-hybridized carbons (Fsp3) is 0.944. The first-order valence-corrected chi connectivity index (χ1v) is 9.11. The second-order valence-corrected chi connectivity index (χ2v) is 6.99. The van der Waals surface area contributed by atoms with Gasteiger partial charge in [-0.2, -0.15) is 0 Å². The number of rotatable bonds is 10. The van der Waals surface area contributed by atoms with Crippen molar-refractivity contribution in [3.8, 4) is 0 Å². The van der Waals surface area contributed by atoms with Crippen molar-refractivity contribution in [3.63, 3.8) is 0 Å². The summed E-state index contributed by atoms with van der Waals surface area (Å²) in [5.74, 6) is 0.809. The summed E-state index contributed by atoms with van der Waals surface area (Å²) in [4.78, 5) is 14.9. The van der Waals surface area contributed by atoms with Crippen LogP contribution in [0, 0.1) is 5.92 Å². The maximum atomic E-state index is 12.7. The van der Waals surface area contributed by atoms with Gasteiger partial charge in [-0.05, 0) is 25.7 Å². The van der Waals surface area contributed by atoms with E-state index in [2.05, 4.69) is 44.8 Å². The molecule has 21 heavy (non-hydrogen) atoms. The van der Waals surface area contributed by atoms with E-state index < -0.39 is 0 Å². The lowest BCUT2D eigenvalue weighted by molar-refractivity contribution is -0.132. The fourth-order valence-electron chi connectivity index (χ4n) is 3.30. The van der Waals surface area contributed by atoms with Crippen LogP contribution >= 0.6 is 0 Å². The van der Waals surface area contributed by atoms with Crippen molar-refractivity contribution in [3.05, 3.63) is 0 Å². The number of nitrogens with zero attached hydrogens (tertiary/aromatic N) is 1. The molecular formula is C18H36N2O. The molecule has 1 aliphatic rings. The maximum Gasteiger partial charge on any atom is 0.241 e. The van der Waals surface area contributed by atoms with Crippen LogP contribution < -0.4 is 5.32 Å². The minimum Gasteiger partial charge on any atom is -0.323 e. The van der Waals surface area contributed by atoms with E-state index in [1.807, 2.05) is 0 Å². The van der Waals surface area contributed by atoms with Gasteiger partial charge in [-0.15, -0.1) is 0 Å². The SMILES string of the molecule is CCCCCCC(C)N1C(=O)C(CCCC)NC1C(C)C. The summed E-state index contributed by atoms with van der Waals surface area (Å²) in [5.41, 5.74) is 0. The molecule has 1 amide bonds. The van der Waals surface area contributed by atoms with Gasteiger partial charge in [-0.1, -0.05) is 66.2 Å². The van der Waals surface area contributed by atoms with Gasteiger partial charge in [-0.25, -0.2) is 0 Å². The molecule has 3 heteroatoms. The summed E-state index contributed by atoms with van der Waals surface area (Å²) in [6, 6.07) is 0.413. The van der Waals surface area contributed by atoms with Gasteiger partial charge in [0, 0.05) is 6.04 Å². The van der Waals surface area contributed by atoms with Gasteiger partial charge in [0.2, 0.25) is 5.91 Å². The average Bonchev–Trinajstić information content (AvgIpc) is 2.78. The van der Waals surface area contributed by atoms with Crippen LogP contribution in [0.25, 0.3) is 0 Å². The molecule has 1 heterocycles. The molecule has 124 valence electrons. The Hall–Kier alpha value is -0.570. The summed E-state index contributed by atoms with van der Waals surface area (Å²) < 4.78 is 0. The first-order valence-electron chi connectivity index (χ1n) is 9.11. The monoisotopic (exact) mass is 296 g/mol. The van der Waals surface area contributed by atoms with Crippen molar-refractivity contribution < 1.29 is 4.79 Å². The number of hydrogen-bond donors (Lipinski definition) is 1. The van der Waals surface area contributed by atoms with Crippen molar-refractivity contribution in [2.24, 2.45) is 5.92 Å². The van der Waals surface area contributed by atoms with Crippen LogP contribution in [0.4, 0.5) is 0 Å². The molecule has 1 N–H and O–H groups in total. The Balaban J connectivity index is 2.60. The van der Waals surface area contributed by atoms with Crippen LogP contribution in [0.2, 0.25) is 0 Å². The van der Waals surface area contributed by atoms with Crippen molar-refractivity contribution >= 4 is 5.91 Å². The molecule has 3 atom stereocenters. The summed E-state index contributed by atoms with van der Waals surface area (Å²) in [6.07, 6.45) is 9.75. The van der Waals surface area contributed by atoms with Crippen molar-refractivity contribution in [1.29, 1.82) is 0 Å². The lowest BCUT2D eigenvalue weighted by Gasteiger charge is -2.32. The number of amides is 1. The predicted octanol–water partition coefficient (Wildman–Crippen LogP) is 4.32. The minimum absolute atomic E-state index is 0.0513. The predicted molar refractivity (Wildman–Crippen MR) is 90.1 cm³/mol. The highest BCUT2D eigenvalue weighted by Crippen LogP contribution is 2.25. The Morgan fingerprint density at radius 1 is 1.05 bits per heavy atom. The summed E-state index contributed by atoms with van der Waals surface area (Å²) in [7, 11) is 0. The van der Waals surface area contributed by atoms with Crippen molar-refractivity contribution in [1.82, 2.24) is 10.2 Å². The van der Waals surface area contributed by atoms with Crippen molar-refractivity contribution in [2.75, 3.05) is 0 Å². The Bertz CT molecular complexity index is 304. The molecule has 3 unspecified atom stereocenters. The van der Waals surface area contributed by atoms with Gasteiger partial charge in [-0.3, -0.25) is 10.1 Å². The highest BCUT2D eigenvalue weighted by molar-refractivity contribution is 5.84. The molecule has 1 fully saturated rings. The van der Waals surface area contributed by atoms with Gasteiger partial charge in [0.05, 0.1) is 12.2 Å². The van der Waals surface area contributed by atoms with Crippen LogP contribution in [-0.2, 0) is 4.79 Å². The smallest absolute Gasteiger partial charge is 0.241 e. The Kier molecular flexibility index (Phi) is 8.31. The second kappa shape index (κ2) is 9.45. The molecule has 1 rings (SSSR count). The number of hydrogen-bond acceptors (Lipinski definition) is 2. The van der Waals surface area contributed by atoms with Gasteiger partial charge in [0.15, 0.2) is 0 Å². The molecule has 1 saturated heterocycles. The zero-order chi connectivity index (χ0) is 15.8. The van der Waals surface area contributed by atoms with E-state index in [1.165, 1.54) is 25.7 Å². The second-order valence-electron chi connectivity index (χ2n) is 6.99. The topological polar surface area (TPSA) is 32.3 Å². The lowest BCUT2D eigenvalue weighted by atomic mass is 10.0. The Labute approximate surface area is 131 Å². The molecule has 0 radical (unpaired) electrons. The van der Waals surface area contributed by atoms with E-state index in [4.69, 9.17) is 0 Å². The molecule has 0 aromatic rings. The van der Waals surface area contributed by atoms with E-state index in [1.54, 1.807) is 0 Å². The van der Waals surface area contributed by atoms with Crippen molar-refractivity contribution in [2.45, 2.75) is 104 Å². The third-order valence-electron chi connectivity index (χ3n) is 4.65. The number of nitrogens with one attached hydrogen (secondary N) is 1. The Morgan fingerprint density at radius 3 is 2.29 bits per heavy atom. The van der Waals surface area contributed by atoms with Crippen LogP contribution in [0.5, 0.6) is 0 Å². The summed E-state index contributed by atoms with van der Waals surface area (Å²) >= 11 is 0. The van der Waals surface area contributed by atoms with Crippen LogP contribution in [0.3, 0.4) is 0 Å². The third kappa shape index (κ3) is 5.28. The van der Waals surface area contributed by atoms with Gasteiger partial charge in [0.1, 0.15) is 0 Å². The number of unbranched alkanes of at least 4 members (excludes halogenated alkanes) is 4. The van der Waals surface area contributed by atoms with Gasteiger partial charge < -0.3 is 4.90 Å². The minimum atomic E-state index is 0.0513. The summed E-state index contributed by atoms with van der Waals surface area (Å²) in [6.45, 7) is 11.1. The van der Waals surface area contributed by atoms with E-state index >= 15 is 0 Å². The molecule has 0 saturated carbocycles. The van der Waals surface area contributed by atoms with E-state index in [9.17, 15) is 4.79 Å². The van der Waals surface area contributed by atoms with Crippen LogP contribution in [0.1, 0.15) is 86.0 Å². The summed E-state index contributed by atoms with van der Waals surface area (Å²) in [5, 5.41) is 3.58.